The van der Waals surface area contributed by atoms with Gasteiger partial charge in [-0.3, -0.25) is 0 Å². The van der Waals surface area contributed by atoms with E-state index in [2.05, 4.69) is 6.07 Å². The Labute approximate surface area is 107 Å². The molecule has 0 bridgehead atoms. The molecule has 0 amide bonds. The van der Waals surface area contributed by atoms with E-state index in [4.69, 9.17) is 10.4 Å². The molecule has 0 aliphatic carbocycles. The third kappa shape index (κ3) is 3.95. The summed E-state index contributed by atoms with van der Waals surface area (Å²) in [6.07, 6.45) is 3.17. The number of nitriles is 1. The summed E-state index contributed by atoms with van der Waals surface area (Å²) < 4.78 is 0. The average molecular weight is 244 g/mol. The van der Waals surface area contributed by atoms with Crippen molar-refractivity contribution in [2.24, 2.45) is 0 Å². The van der Waals surface area contributed by atoms with Gasteiger partial charge in [0.15, 0.2) is 0 Å². The second-order valence-corrected chi connectivity index (χ2v) is 4.05. The van der Waals surface area contributed by atoms with Crippen LogP contribution in [0.4, 0.5) is 5.69 Å². The highest BCUT2D eigenvalue weighted by atomic mass is 16.4. The van der Waals surface area contributed by atoms with Crippen LogP contribution in [-0.2, 0) is 4.79 Å². The highest BCUT2D eigenvalue weighted by Gasteiger charge is 2.04. The number of hydrogen-bond acceptors (Lipinski definition) is 3. The van der Waals surface area contributed by atoms with Gasteiger partial charge in [0.2, 0.25) is 0 Å². The molecule has 94 valence electrons. The second kappa shape index (κ2) is 6.45. The Morgan fingerprint density at radius 3 is 2.83 bits per heavy atom. The van der Waals surface area contributed by atoms with E-state index in [1.807, 2.05) is 37.1 Å². The van der Waals surface area contributed by atoms with Crippen molar-refractivity contribution in [3.05, 3.63) is 35.4 Å². The minimum Gasteiger partial charge on any atom is -0.478 e. The van der Waals surface area contributed by atoms with Crippen LogP contribution in [0, 0.1) is 18.3 Å². The van der Waals surface area contributed by atoms with Crippen molar-refractivity contribution in [2.75, 3.05) is 18.5 Å². The number of carbonyl (C=O) groups is 1. The molecular weight excluding hydrogens is 228 g/mol. The van der Waals surface area contributed by atoms with E-state index in [1.165, 1.54) is 0 Å². The molecule has 1 aromatic carbocycles. The van der Waals surface area contributed by atoms with Crippen molar-refractivity contribution in [1.29, 1.82) is 5.26 Å². The lowest BCUT2D eigenvalue weighted by atomic mass is 10.1. The van der Waals surface area contributed by atoms with Crippen molar-refractivity contribution < 1.29 is 9.90 Å². The monoisotopic (exact) mass is 244 g/mol. The molecule has 0 heterocycles. The van der Waals surface area contributed by atoms with Crippen molar-refractivity contribution in [3.63, 3.8) is 0 Å². The molecule has 0 aliphatic heterocycles. The van der Waals surface area contributed by atoms with E-state index >= 15 is 0 Å². The van der Waals surface area contributed by atoms with Gasteiger partial charge in [0.1, 0.15) is 0 Å². The number of aryl methyl sites for hydroxylation is 1. The van der Waals surface area contributed by atoms with Crippen molar-refractivity contribution >= 4 is 17.7 Å². The van der Waals surface area contributed by atoms with Crippen LogP contribution >= 0.6 is 0 Å². The molecule has 0 aromatic heterocycles. The number of carboxylic acid groups (broad SMARTS) is 1. The SMILES string of the molecule is Cc1cc(C=CC(=O)O)ccc1N(C)CCC#N. The van der Waals surface area contributed by atoms with Gasteiger partial charge in [0, 0.05) is 25.4 Å². The average Bonchev–Trinajstić information content (AvgIpc) is 2.33. The second-order valence-electron chi connectivity index (χ2n) is 4.05. The summed E-state index contributed by atoms with van der Waals surface area (Å²) in [5.41, 5.74) is 2.97. The first-order valence-electron chi connectivity index (χ1n) is 5.64. The van der Waals surface area contributed by atoms with Crippen LogP contribution in [0.15, 0.2) is 24.3 Å². The molecule has 0 atom stereocenters. The standard InChI is InChI=1S/C14H16N2O2/c1-11-10-12(5-7-14(17)18)4-6-13(11)16(2)9-3-8-15/h4-7,10H,3,9H2,1-2H3,(H,17,18). The Kier molecular flexibility index (Phi) is 4.94. The topological polar surface area (TPSA) is 64.3 Å². The van der Waals surface area contributed by atoms with E-state index in [-0.39, 0.29) is 0 Å². The summed E-state index contributed by atoms with van der Waals surface area (Å²) in [6.45, 7) is 2.65. The highest BCUT2D eigenvalue weighted by molar-refractivity contribution is 5.85. The number of aliphatic carboxylic acids is 1. The summed E-state index contributed by atoms with van der Waals surface area (Å²) in [4.78, 5) is 12.4. The summed E-state index contributed by atoms with van der Waals surface area (Å²) in [7, 11) is 1.94. The molecule has 1 N–H and O–H groups in total. The van der Waals surface area contributed by atoms with Gasteiger partial charge in [-0.2, -0.15) is 5.26 Å². The minimum atomic E-state index is -0.956. The fourth-order valence-electron chi connectivity index (χ4n) is 1.72. The molecule has 0 saturated heterocycles. The summed E-state index contributed by atoms with van der Waals surface area (Å²) >= 11 is 0. The van der Waals surface area contributed by atoms with Crippen LogP contribution < -0.4 is 4.90 Å². The third-order valence-electron chi connectivity index (χ3n) is 2.61. The van der Waals surface area contributed by atoms with E-state index in [0.717, 1.165) is 22.9 Å². The lowest BCUT2D eigenvalue weighted by molar-refractivity contribution is -0.131. The zero-order chi connectivity index (χ0) is 13.5. The third-order valence-corrected chi connectivity index (χ3v) is 2.61. The fraction of sp³-hybridized carbons (Fsp3) is 0.286. The number of rotatable bonds is 5. The lowest BCUT2D eigenvalue weighted by Gasteiger charge is -2.20. The van der Waals surface area contributed by atoms with Gasteiger partial charge in [-0.25, -0.2) is 4.79 Å². The van der Waals surface area contributed by atoms with Crippen molar-refractivity contribution in [2.45, 2.75) is 13.3 Å². The van der Waals surface area contributed by atoms with Gasteiger partial charge in [-0.05, 0) is 36.3 Å². The normalized spacial score (nSPS) is 10.3. The van der Waals surface area contributed by atoms with Crippen LogP contribution in [0.3, 0.4) is 0 Å². The maximum absolute atomic E-state index is 10.4. The predicted molar refractivity (Wildman–Crippen MR) is 71.3 cm³/mol. The van der Waals surface area contributed by atoms with Crippen LogP contribution in [0.1, 0.15) is 17.5 Å². The Hall–Kier alpha value is -2.28. The van der Waals surface area contributed by atoms with E-state index in [0.29, 0.717) is 13.0 Å². The first kappa shape index (κ1) is 13.8. The largest absolute Gasteiger partial charge is 0.478 e. The Balaban J connectivity index is 2.86. The molecule has 0 spiro atoms. The molecule has 18 heavy (non-hydrogen) atoms. The molecule has 1 rings (SSSR count). The van der Waals surface area contributed by atoms with Gasteiger partial charge < -0.3 is 10.0 Å². The van der Waals surface area contributed by atoms with Gasteiger partial charge in [-0.15, -0.1) is 0 Å². The number of hydrogen-bond donors (Lipinski definition) is 1. The Morgan fingerprint density at radius 1 is 1.56 bits per heavy atom. The molecule has 4 nitrogen and oxygen atoms in total. The zero-order valence-electron chi connectivity index (χ0n) is 10.6. The highest BCUT2D eigenvalue weighted by Crippen LogP contribution is 2.21. The van der Waals surface area contributed by atoms with Crippen LogP contribution in [0.2, 0.25) is 0 Å². The van der Waals surface area contributed by atoms with E-state index in [9.17, 15) is 4.79 Å². The first-order chi connectivity index (χ1) is 8.54. The number of benzene rings is 1. The van der Waals surface area contributed by atoms with Crippen LogP contribution in [-0.4, -0.2) is 24.7 Å². The number of anilines is 1. The van der Waals surface area contributed by atoms with Gasteiger partial charge >= 0.3 is 5.97 Å². The van der Waals surface area contributed by atoms with Gasteiger partial charge in [-0.1, -0.05) is 6.07 Å². The maximum Gasteiger partial charge on any atom is 0.328 e. The lowest BCUT2D eigenvalue weighted by Crippen LogP contribution is -2.18. The van der Waals surface area contributed by atoms with Crippen molar-refractivity contribution in [1.82, 2.24) is 0 Å². The zero-order valence-corrected chi connectivity index (χ0v) is 10.6. The smallest absolute Gasteiger partial charge is 0.328 e. The first-order valence-corrected chi connectivity index (χ1v) is 5.64. The Bertz CT molecular complexity index is 501. The summed E-state index contributed by atoms with van der Waals surface area (Å²) in [6, 6.07) is 7.85. The van der Waals surface area contributed by atoms with Gasteiger partial charge in [0.25, 0.3) is 0 Å². The molecule has 0 fully saturated rings. The number of carboxylic acids is 1. The predicted octanol–water partition coefficient (Wildman–Crippen LogP) is 2.44. The molecular formula is C14H16N2O2. The quantitative estimate of drug-likeness (QED) is 0.808. The minimum absolute atomic E-state index is 0.483. The van der Waals surface area contributed by atoms with E-state index in [1.54, 1.807) is 6.08 Å². The molecule has 0 saturated carbocycles. The number of nitrogens with zero attached hydrogens (tertiary/aromatic N) is 2. The maximum atomic E-state index is 10.4. The molecule has 0 radical (unpaired) electrons. The van der Waals surface area contributed by atoms with Crippen LogP contribution in [0.25, 0.3) is 6.08 Å². The molecule has 0 unspecified atom stereocenters. The summed E-state index contributed by atoms with van der Waals surface area (Å²) in [5, 5.41) is 17.1. The fourth-order valence-corrected chi connectivity index (χ4v) is 1.72. The molecule has 0 aliphatic rings. The van der Waals surface area contributed by atoms with Gasteiger partial charge in [0.05, 0.1) is 12.5 Å². The van der Waals surface area contributed by atoms with Crippen LogP contribution in [0.5, 0.6) is 0 Å². The molecule has 1 aromatic rings. The van der Waals surface area contributed by atoms with Crippen molar-refractivity contribution in [3.8, 4) is 6.07 Å². The Morgan fingerprint density at radius 2 is 2.28 bits per heavy atom. The molecule has 4 heteroatoms. The summed E-state index contributed by atoms with van der Waals surface area (Å²) in [5.74, 6) is -0.956. The van der Waals surface area contributed by atoms with E-state index < -0.39 is 5.97 Å².